The Kier molecular flexibility index (Phi) is 6.38. The van der Waals surface area contributed by atoms with Crippen LogP contribution in [0.15, 0.2) is 48.5 Å². The Bertz CT molecular complexity index is 833. The highest BCUT2D eigenvalue weighted by Crippen LogP contribution is 2.27. The molecule has 1 atom stereocenters. The van der Waals surface area contributed by atoms with E-state index < -0.39 is 4.92 Å². The summed E-state index contributed by atoms with van der Waals surface area (Å²) in [5, 5.41) is 14.8. The van der Waals surface area contributed by atoms with Crippen molar-refractivity contribution in [2.45, 2.75) is 13.0 Å². The standard InChI is InChI=1S/C21H26N4O3/c1-16(15-24-12-10-23(2)11-13-24)22-19-9-8-18(14-20(19)25(27)28)21(26)17-6-4-3-5-7-17/h3-9,14,16,22H,10-13,15H2,1-2H3. The number of nitrogens with zero attached hydrogens (tertiary/aromatic N) is 3. The third-order valence-corrected chi connectivity index (χ3v) is 5.02. The monoisotopic (exact) mass is 382 g/mol. The van der Waals surface area contributed by atoms with Gasteiger partial charge in [-0.3, -0.25) is 19.8 Å². The van der Waals surface area contributed by atoms with Gasteiger partial charge < -0.3 is 10.2 Å². The number of hydrogen-bond acceptors (Lipinski definition) is 6. The van der Waals surface area contributed by atoms with Gasteiger partial charge in [-0.15, -0.1) is 0 Å². The van der Waals surface area contributed by atoms with Crippen LogP contribution < -0.4 is 5.32 Å². The van der Waals surface area contributed by atoms with Crippen molar-refractivity contribution in [2.24, 2.45) is 0 Å². The summed E-state index contributed by atoms with van der Waals surface area (Å²) in [5.74, 6) is -0.222. The summed E-state index contributed by atoms with van der Waals surface area (Å²) in [6.07, 6.45) is 0. The fourth-order valence-corrected chi connectivity index (χ4v) is 3.43. The van der Waals surface area contributed by atoms with Gasteiger partial charge in [0.25, 0.3) is 5.69 Å². The molecule has 2 aromatic rings. The summed E-state index contributed by atoms with van der Waals surface area (Å²) in [6.45, 7) is 6.89. The van der Waals surface area contributed by atoms with E-state index in [1.165, 1.54) is 6.07 Å². The number of hydrogen-bond donors (Lipinski definition) is 1. The van der Waals surface area contributed by atoms with Crippen LogP contribution in [-0.2, 0) is 0 Å². The lowest BCUT2D eigenvalue weighted by molar-refractivity contribution is -0.384. The van der Waals surface area contributed by atoms with Gasteiger partial charge in [-0.1, -0.05) is 30.3 Å². The van der Waals surface area contributed by atoms with Gasteiger partial charge in [-0.2, -0.15) is 0 Å². The first-order valence-electron chi connectivity index (χ1n) is 9.49. The van der Waals surface area contributed by atoms with Crippen LogP contribution in [0.4, 0.5) is 11.4 Å². The third-order valence-electron chi connectivity index (χ3n) is 5.02. The zero-order chi connectivity index (χ0) is 20.1. The van der Waals surface area contributed by atoms with Gasteiger partial charge in [0.1, 0.15) is 5.69 Å². The highest BCUT2D eigenvalue weighted by molar-refractivity contribution is 6.09. The second-order valence-corrected chi connectivity index (χ2v) is 7.33. The van der Waals surface area contributed by atoms with Gasteiger partial charge in [0.05, 0.1) is 4.92 Å². The van der Waals surface area contributed by atoms with Crippen LogP contribution in [0.25, 0.3) is 0 Å². The van der Waals surface area contributed by atoms with Gasteiger partial charge >= 0.3 is 0 Å². The molecule has 1 saturated heterocycles. The van der Waals surface area contributed by atoms with Crippen LogP contribution in [0.1, 0.15) is 22.8 Å². The number of nitrogens with one attached hydrogen (secondary N) is 1. The molecule has 0 saturated carbocycles. The van der Waals surface area contributed by atoms with Crippen molar-refractivity contribution >= 4 is 17.2 Å². The smallest absolute Gasteiger partial charge is 0.293 e. The second kappa shape index (κ2) is 8.95. The Labute approximate surface area is 165 Å². The maximum Gasteiger partial charge on any atom is 0.293 e. The van der Waals surface area contributed by atoms with Crippen molar-refractivity contribution in [2.75, 3.05) is 45.1 Å². The number of carbonyl (C=O) groups excluding carboxylic acids is 1. The van der Waals surface area contributed by atoms with Crippen molar-refractivity contribution in [1.29, 1.82) is 0 Å². The molecule has 7 nitrogen and oxygen atoms in total. The van der Waals surface area contributed by atoms with Crippen molar-refractivity contribution < 1.29 is 9.72 Å². The van der Waals surface area contributed by atoms with Crippen LogP contribution >= 0.6 is 0 Å². The fraction of sp³-hybridized carbons (Fsp3) is 0.381. The number of nitro groups is 1. The maximum atomic E-state index is 12.6. The summed E-state index contributed by atoms with van der Waals surface area (Å²) >= 11 is 0. The van der Waals surface area contributed by atoms with E-state index in [1.807, 2.05) is 13.0 Å². The number of benzene rings is 2. The third kappa shape index (κ3) is 4.94. The van der Waals surface area contributed by atoms with Crippen LogP contribution in [0, 0.1) is 10.1 Å². The molecular weight excluding hydrogens is 356 g/mol. The number of likely N-dealkylation sites (N-methyl/N-ethyl adjacent to an activating group) is 1. The lowest BCUT2D eigenvalue weighted by Crippen LogP contribution is -2.47. The van der Waals surface area contributed by atoms with E-state index in [0.717, 1.165) is 32.7 Å². The quantitative estimate of drug-likeness (QED) is 0.451. The molecule has 0 aromatic heterocycles. The largest absolute Gasteiger partial charge is 0.376 e. The first-order chi connectivity index (χ1) is 13.4. The van der Waals surface area contributed by atoms with E-state index >= 15 is 0 Å². The molecule has 1 aliphatic heterocycles. The fourth-order valence-electron chi connectivity index (χ4n) is 3.43. The number of anilines is 1. The van der Waals surface area contributed by atoms with E-state index in [4.69, 9.17) is 0 Å². The zero-order valence-corrected chi connectivity index (χ0v) is 16.3. The van der Waals surface area contributed by atoms with Crippen LogP contribution in [0.5, 0.6) is 0 Å². The van der Waals surface area contributed by atoms with Crippen LogP contribution in [0.3, 0.4) is 0 Å². The van der Waals surface area contributed by atoms with Gasteiger partial charge in [0, 0.05) is 56.0 Å². The molecule has 0 bridgehead atoms. The molecule has 1 N–H and O–H groups in total. The van der Waals surface area contributed by atoms with Crippen LogP contribution in [0.2, 0.25) is 0 Å². The number of carbonyl (C=O) groups is 1. The first kappa shape index (κ1) is 20.0. The predicted octanol–water partition coefficient (Wildman–Crippen LogP) is 2.87. The molecular formula is C21H26N4O3. The predicted molar refractivity (Wildman–Crippen MR) is 110 cm³/mol. The van der Waals surface area contributed by atoms with Gasteiger partial charge in [0.15, 0.2) is 5.78 Å². The van der Waals surface area contributed by atoms with Gasteiger partial charge in [0.2, 0.25) is 0 Å². The molecule has 1 aliphatic rings. The molecule has 1 unspecified atom stereocenters. The minimum absolute atomic E-state index is 0.0535. The van der Waals surface area contributed by atoms with E-state index in [-0.39, 0.29) is 17.5 Å². The van der Waals surface area contributed by atoms with Crippen molar-refractivity contribution in [3.63, 3.8) is 0 Å². The minimum Gasteiger partial charge on any atom is -0.376 e. The SMILES string of the molecule is CC(CN1CCN(C)CC1)Nc1ccc(C(=O)c2ccccc2)cc1[N+](=O)[O-]. The maximum absolute atomic E-state index is 12.6. The molecule has 1 heterocycles. The highest BCUT2D eigenvalue weighted by Gasteiger charge is 2.21. The van der Waals surface area contributed by atoms with E-state index in [2.05, 4.69) is 22.2 Å². The number of ketones is 1. The zero-order valence-electron chi connectivity index (χ0n) is 16.3. The number of rotatable bonds is 7. The summed E-state index contributed by atoms with van der Waals surface area (Å²) < 4.78 is 0. The average Bonchev–Trinajstić information content (AvgIpc) is 2.70. The molecule has 0 radical (unpaired) electrons. The molecule has 7 heteroatoms. The van der Waals surface area contributed by atoms with E-state index in [0.29, 0.717) is 16.8 Å². The summed E-state index contributed by atoms with van der Waals surface area (Å²) in [7, 11) is 2.11. The molecule has 148 valence electrons. The molecule has 1 fully saturated rings. The minimum atomic E-state index is -0.438. The summed E-state index contributed by atoms with van der Waals surface area (Å²) in [4.78, 5) is 28.4. The molecule has 0 amide bonds. The number of piperazine rings is 1. The summed E-state index contributed by atoms with van der Waals surface area (Å²) in [5.41, 5.74) is 1.19. The van der Waals surface area contributed by atoms with Crippen LogP contribution in [-0.4, -0.2) is 66.3 Å². The highest BCUT2D eigenvalue weighted by atomic mass is 16.6. The molecule has 2 aromatic carbocycles. The van der Waals surface area contributed by atoms with E-state index in [1.54, 1.807) is 36.4 Å². The lowest BCUT2D eigenvalue weighted by atomic mass is 10.0. The van der Waals surface area contributed by atoms with E-state index in [9.17, 15) is 14.9 Å². The van der Waals surface area contributed by atoms with Gasteiger partial charge in [-0.05, 0) is 26.1 Å². The van der Waals surface area contributed by atoms with Crippen molar-refractivity contribution in [3.05, 3.63) is 69.8 Å². The summed E-state index contributed by atoms with van der Waals surface area (Å²) in [6, 6.07) is 13.5. The number of nitro benzene ring substituents is 1. The molecule has 0 aliphatic carbocycles. The Morgan fingerprint density at radius 1 is 1.11 bits per heavy atom. The Balaban J connectivity index is 1.72. The van der Waals surface area contributed by atoms with Crippen molar-refractivity contribution in [3.8, 4) is 0 Å². The molecule has 28 heavy (non-hydrogen) atoms. The van der Waals surface area contributed by atoms with Gasteiger partial charge in [-0.25, -0.2) is 0 Å². The Morgan fingerprint density at radius 2 is 1.79 bits per heavy atom. The lowest BCUT2D eigenvalue weighted by Gasteiger charge is -2.34. The molecule has 0 spiro atoms. The second-order valence-electron chi connectivity index (χ2n) is 7.33. The normalized spacial score (nSPS) is 16.5. The van der Waals surface area contributed by atoms with Crippen molar-refractivity contribution in [1.82, 2.24) is 9.80 Å². The Hall–Kier alpha value is -2.77. The Morgan fingerprint density at radius 3 is 2.43 bits per heavy atom. The average molecular weight is 382 g/mol. The first-order valence-corrected chi connectivity index (χ1v) is 9.49. The molecule has 3 rings (SSSR count). The topological polar surface area (TPSA) is 78.7 Å².